The lowest BCUT2D eigenvalue weighted by Gasteiger charge is -2.10. The van der Waals surface area contributed by atoms with Gasteiger partial charge >= 0.3 is 6.03 Å². The van der Waals surface area contributed by atoms with Crippen LogP contribution in [0.2, 0.25) is 0 Å². The van der Waals surface area contributed by atoms with Gasteiger partial charge in [0.15, 0.2) is 0 Å². The first-order valence-corrected chi connectivity index (χ1v) is 5.01. The Labute approximate surface area is 89.1 Å². The first kappa shape index (κ1) is 9.98. The van der Waals surface area contributed by atoms with Crippen molar-refractivity contribution in [2.75, 3.05) is 13.6 Å². The molecule has 2 amide bonds. The van der Waals surface area contributed by atoms with E-state index < -0.39 is 0 Å². The molecule has 15 heavy (non-hydrogen) atoms. The Morgan fingerprint density at radius 2 is 2.13 bits per heavy atom. The zero-order valence-corrected chi connectivity index (χ0v) is 8.73. The Hall–Kier alpha value is -1.55. The van der Waals surface area contributed by atoms with Crippen molar-refractivity contribution < 1.29 is 4.79 Å². The number of nitrogens with two attached hydrogens (primary N) is 1. The van der Waals surface area contributed by atoms with Crippen LogP contribution < -0.4 is 11.1 Å². The summed E-state index contributed by atoms with van der Waals surface area (Å²) in [5, 5.41) is 2.91. The second-order valence-electron chi connectivity index (χ2n) is 3.83. The predicted octanol–water partition coefficient (Wildman–Crippen LogP) is 0.841. The monoisotopic (exact) mass is 205 g/mol. The summed E-state index contributed by atoms with van der Waals surface area (Å²) in [6, 6.07) is 8.13. The van der Waals surface area contributed by atoms with Crippen molar-refractivity contribution in [3.63, 3.8) is 0 Å². The molecule has 1 atom stereocenters. The van der Waals surface area contributed by atoms with Crippen LogP contribution in [0, 0.1) is 0 Å². The Bertz CT molecular complexity index is 361. The third-order valence-electron chi connectivity index (χ3n) is 2.72. The van der Waals surface area contributed by atoms with Gasteiger partial charge in [0.1, 0.15) is 0 Å². The maximum absolute atomic E-state index is 11.3. The van der Waals surface area contributed by atoms with Crippen LogP contribution in [0.15, 0.2) is 24.3 Å². The second kappa shape index (κ2) is 3.90. The fourth-order valence-corrected chi connectivity index (χ4v) is 1.74. The minimum atomic E-state index is -0.0112. The van der Waals surface area contributed by atoms with Gasteiger partial charge in [-0.1, -0.05) is 24.3 Å². The summed E-state index contributed by atoms with van der Waals surface area (Å²) >= 11 is 0. The highest BCUT2D eigenvalue weighted by molar-refractivity contribution is 5.76. The first-order chi connectivity index (χ1) is 7.20. The highest BCUT2D eigenvalue weighted by Gasteiger charge is 2.26. The molecule has 0 spiro atoms. The Morgan fingerprint density at radius 3 is 2.60 bits per heavy atom. The van der Waals surface area contributed by atoms with Crippen molar-refractivity contribution in [1.29, 1.82) is 0 Å². The average Bonchev–Trinajstić information content (AvgIpc) is 2.59. The molecule has 1 saturated heterocycles. The third-order valence-corrected chi connectivity index (χ3v) is 2.72. The van der Waals surface area contributed by atoms with E-state index in [9.17, 15) is 4.79 Å². The van der Waals surface area contributed by atoms with Gasteiger partial charge < -0.3 is 16.0 Å². The van der Waals surface area contributed by atoms with Crippen molar-refractivity contribution in [1.82, 2.24) is 10.2 Å². The number of urea groups is 1. The van der Waals surface area contributed by atoms with Crippen molar-refractivity contribution >= 4 is 6.03 Å². The predicted molar refractivity (Wildman–Crippen MR) is 58.2 cm³/mol. The molecule has 3 N–H and O–H groups in total. The van der Waals surface area contributed by atoms with Gasteiger partial charge in [0.2, 0.25) is 0 Å². The fraction of sp³-hybridized carbons (Fsp3) is 0.364. The molecule has 1 aromatic rings. The summed E-state index contributed by atoms with van der Waals surface area (Å²) < 4.78 is 0. The van der Waals surface area contributed by atoms with Gasteiger partial charge in [-0.2, -0.15) is 0 Å². The van der Waals surface area contributed by atoms with Crippen molar-refractivity contribution in [3.8, 4) is 0 Å². The molecule has 1 heterocycles. The number of hydrogen-bond acceptors (Lipinski definition) is 2. The minimum Gasteiger partial charge on any atom is -0.329 e. The summed E-state index contributed by atoms with van der Waals surface area (Å²) in [5.41, 5.74) is 7.76. The summed E-state index contributed by atoms with van der Waals surface area (Å²) in [6.07, 6.45) is 0. The average molecular weight is 205 g/mol. The summed E-state index contributed by atoms with van der Waals surface area (Å²) in [7, 11) is 1.80. The minimum absolute atomic E-state index is 0.0112. The van der Waals surface area contributed by atoms with Crippen LogP contribution >= 0.6 is 0 Å². The topological polar surface area (TPSA) is 58.4 Å². The smallest absolute Gasteiger partial charge is 0.317 e. The van der Waals surface area contributed by atoms with Gasteiger partial charge in [-0.15, -0.1) is 0 Å². The number of likely N-dealkylation sites (N-methyl/N-ethyl adjacent to an activating group) is 1. The third kappa shape index (κ3) is 1.94. The first-order valence-electron chi connectivity index (χ1n) is 5.01. The number of carbonyl (C=O) groups is 1. The van der Waals surface area contributed by atoms with Crippen LogP contribution in [0.1, 0.15) is 17.2 Å². The van der Waals surface area contributed by atoms with Gasteiger partial charge in [-0.25, -0.2) is 4.79 Å². The molecular formula is C11H15N3O. The molecular weight excluding hydrogens is 190 g/mol. The zero-order valence-electron chi connectivity index (χ0n) is 8.73. The van der Waals surface area contributed by atoms with Crippen LogP contribution in [-0.2, 0) is 6.54 Å². The molecule has 1 aliphatic heterocycles. The standard InChI is InChI=1S/C11H15N3O/c1-14-7-10(13-11(14)15)9-4-2-8(6-12)3-5-9/h2-5,10H,6-7,12H2,1H3,(H,13,15). The normalized spacial score (nSPS) is 20.5. The van der Waals surface area contributed by atoms with E-state index in [-0.39, 0.29) is 12.1 Å². The summed E-state index contributed by atoms with van der Waals surface area (Å²) in [6.45, 7) is 1.28. The van der Waals surface area contributed by atoms with Crippen molar-refractivity contribution in [2.45, 2.75) is 12.6 Å². The van der Waals surface area contributed by atoms with E-state index in [4.69, 9.17) is 5.73 Å². The number of amides is 2. The van der Waals surface area contributed by atoms with E-state index in [2.05, 4.69) is 5.32 Å². The molecule has 0 saturated carbocycles. The van der Waals surface area contributed by atoms with Crippen LogP contribution in [0.25, 0.3) is 0 Å². The molecule has 1 fully saturated rings. The number of nitrogens with zero attached hydrogens (tertiary/aromatic N) is 1. The van der Waals surface area contributed by atoms with E-state index in [0.29, 0.717) is 6.54 Å². The number of rotatable bonds is 2. The van der Waals surface area contributed by atoms with E-state index in [1.165, 1.54) is 0 Å². The lowest BCUT2D eigenvalue weighted by molar-refractivity contribution is 0.226. The molecule has 1 aromatic carbocycles. The molecule has 1 aliphatic rings. The van der Waals surface area contributed by atoms with Crippen LogP contribution in [0.5, 0.6) is 0 Å². The molecule has 80 valence electrons. The summed E-state index contributed by atoms with van der Waals surface area (Å²) in [4.78, 5) is 13.0. The van der Waals surface area contributed by atoms with E-state index in [0.717, 1.165) is 17.7 Å². The van der Waals surface area contributed by atoms with Gasteiger partial charge in [-0.05, 0) is 11.1 Å². The van der Waals surface area contributed by atoms with Crippen LogP contribution in [-0.4, -0.2) is 24.5 Å². The lowest BCUT2D eigenvalue weighted by atomic mass is 10.1. The highest BCUT2D eigenvalue weighted by Crippen LogP contribution is 2.19. The molecule has 1 unspecified atom stereocenters. The fourth-order valence-electron chi connectivity index (χ4n) is 1.74. The van der Waals surface area contributed by atoms with E-state index in [1.54, 1.807) is 11.9 Å². The lowest BCUT2D eigenvalue weighted by Crippen LogP contribution is -2.23. The maximum atomic E-state index is 11.3. The molecule has 0 bridgehead atoms. The molecule has 0 aromatic heterocycles. The van der Waals surface area contributed by atoms with Crippen LogP contribution in [0.3, 0.4) is 0 Å². The SMILES string of the molecule is CN1CC(c2ccc(CN)cc2)NC1=O. The quantitative estimate of drug-likeness (QED) is 0.751. The zero-order chi connectivity index (χ0) is 10.8. The molecule has 4 heteroatoms. The Kier molecular flexibility index (Phi) is 2.60. The number of hydrogen-bond donors (Lipinski definition) is 2. The van der Waals surface area contributed by atoms with Crippen molar-refractivity contribution in [3.05, 3.63) is 35.4 Å². The van der Waals surface area contributed by atoms with Gasteiger partial charge in [0, 0.05) is 20.1 Å². The molecule has 0 aliphatic carbocycles. The number of benzene rings is 1. The Morgan fingerprint density at radius 1 is 1.47 bits per heavy atom. The molecule has 2 rings (SSSR count). The number of nitrogens with one attached hydrogen (secondary N) is 1. The van der Waals surface area contributed by atoms with Gasteiger partial charge in [0.05, 0.1) is 6.04 Å². The van der Waals surface area contributed by atoms with E-state index in [1.807, 2.05) is 24.3 Å². The van der Waals surface area contributed by atoms with Gasteiger partial charge in [-0.3, -0.25) is 0 Å². The maximum Gasteiger partial charge on any atom is 0.317 e. The highest BCUT2D eigenvalue weighted by atomic mass is 16.2. The molecule has 0 radical (unpaired) electrons. The van der Waals surface area contributed by atoms with Gasteiger partial charge in [0.25, 0.3) is 0 Å². The van der Waals surface area contributed by atoms with Crippen molar-refractivity contribution in [2.24, 2.45) is 5.73 Å². The van der Waals surface area contributed by atoms with Crippen LogP contribution in [0.4, 0.5) is 4.79 Å². The summed E-state index contributed by atoms with van der Waals surface area (Å²) in [5.74, 6) is 0. The Balaban J connectivity index is 2.13. The molecule has 4 nitrogen and oxygen atoms in total. The second-order valence-corrected chi connectivity index (χ2v) is 3.83. The number of carbonyl (C=O) groups excluding carboxylic acids is 1. The largest absolute Gasteiger partial charge is 0.329 e. The van der Waals surface area contributed by atoms with E-state index >= 15 is 0 Å².